The van der Waals surface area contributed by atoms with E-state index in [1.807, 2.05) is 11.8 Å². The molecule has 0 bridgehead atoms. The first-order valence-electron chi connectivity index (χ1n) is 16.7. The highest BCUT2D eigenvalue weighted by atomic mass is 35.5. The van der Waals surface area contributed by atoms with Crippen LogP contribution in [0.5, 0.6) is 0 Å². The molecule has 3 saturated heterocycles. The summed E-state index contributed by atoms with van der Waals surface area (Å²) in [6.45, 7) is 4.31. The highest BCUT2D eigenvalue weighted by Crippen LogP contribution is 2.46. The number of carbonyl (C=O) groups is 2. The Balaban J connectivity index is 1.06. The van der Waals surface area contributed by atoms with E-state index in [1.165, 1.54) is 28.6 Å². The molecule has 15 heteroatoms. The van der Waals surface area contributed by atoms with Crippen molar-refractivity contribution in [2.75, 3.05) is 55.6 Å². The summed E-state index contributed by atoms with van der Waals surface area (Å²) >= 11 is 6.28. The Kier molecular flexibility index (Phi) is 9.77. The molecule has 0 unspecified atom stereocenters. The normalized spacial score (nSPS) is 25.8. The van der Waals surface area contributed by atoms with Crippen molar-refractivity contribution in [2.45, 2.75) is 74.3 Å². The van der Waals surface area contributed by atoms with Crippen LogP contribution < -0.4 is 21.3 Å². The van der Waals surface area contributed by atoms with Gasteiger partial charge in [-0.3, -0.25) is 9.59 Å². The first kappa shape index (κ1) is 34.9. The van der Waals surface area contributed by atoms with E-state index >= 15 is 8.78 Å². The Morgan fingerprint density at radius 1 is 1.00 bits per heavy atom. The monoisotopic (exact) mass is 707 g/mol. The number of amides is 2. The van der Waals surface area contributed by atoms with E-state index in [-0.39, 0.29) is 96.2 Å². The zero-order chi connectivity index (χ0) is 34.4. The predicted molar refractivity (Wildman–Crippen MR) is 179 cm³/mol. The topological polar surface area (TPSA) is 146 Å². The van der Waals surface area contributed by atoms with Crippen molar-refractivity contribution < 1.29 is 26.8 Å². The fourth-order valence-electron chi connectivity index (χ4n) is 7.36. The first-order chi connectivity index (χ1) is 22.6. The molecule has 1 atom stereocenters. The van der Waals surface area contributed by atoms with Gasteiger partial charge in [-0.1, -0.05) is 11.6 Å². The number of aromatic nitrogens is 1. The molecular weight excluding hydrogens is 664 g/mol. The Labute approximate surface area is 285 Å². The summed E-state index contributed by atoms with van der Waals surface area (Å²) in [6.07, 6.45) is 2.98. The molecule has 6 rings (SSSR count). The van der Waals surface area contributed by atoms with Gasteiger partial charge in [0.2, 0.25) is 21.8 Å². The third-order valence-electron chi connectivity index (χ3n) is 10.5. The molecule has 4 N–H and O–H groups in total. The number of alkyl halides is 2. The number of nitrogens with zero attached hydrogens (tertiary/aromatic N) is 5. The van der Waals surface area contributed by atoms with Gasteiger partial charge < -0.3 is 26.2 Å². The number of anilines is 2. The van der Waals surface area contributed by atoms with Gasteiger partial charge in [-0.2, -0.15) is 4.31 Å². The standard InChI is InChI=1S/C33H44ClF2N7O4S/c1-32(38)10-12-41(13-11-32)31(45)22-2-4-23(5-3-22)33(35,36)24-18-28(34)39-29(19-24)40-14-16-42(17-15-40)48(46,47)27-8-6-26(7-9-27)43-21-25(37)20-30(43)44/h6-9,18-19,22-23,25H,2-5,10-17,20-21,37-38H2,1H3/t22?,23?,25-/m1/s1. The van der Waals surface area contributed by atoms with Crippen LogP contribution in [0.15, 0.2) is 41.3 Å². The number of hydrogen-bond donors (Lipinski definition) is 2. The van der Waals surface area contributed by atoms with Crippen molar-refractivity contribution >= 4 is 44.9 Å². The molecule has 1 saturated carbocycles. The molecule has 11 nitrogen and oxygen atoms in total. The lowest BCUT2D eigenvalue weighted by Gasteiger charge is -2.40. The molecule has 4 heterocycles. The molecule has 0 spiro atoms. The molecule has 0 radical (unpaired) electrons. The van der Waals surface area contributed by atoms with Crippen molar-refractivity contribution in [1.29, 1.82) is 0 Å². The van der Waals surface area contributed by atoms with Crippen molar-refractivity contribution in [3.63, 3.8) is 0 Å². The Hall–Kier alpha value is -2.91. The summed E-state index contributed by atoms with van der Waals surface area (Å²) < 4.78 is 60.2. The SMILES string of the molecule is CC1(N)CCN(C(=O)C2CCC(C(F)(F)c3cc(Cl)nc(N4CCN(S(=O)(=O)c5ccc(N6C[C@H](N)CC6=O)cc5)CC4)c3)CC2)CC1. The summed E-state index contributed by atoms with van der Waals surface area (Å²) in [5, 5.41) is -0.0596. The smallest absolute Gasteiger partial charge is 0.276 e. The lowest BCUT2D eigenvalue weighted by molar-refractivity contribution is -0.140. The van der Waals surface area contributed by atoms with Gasteiger partial charge >= 0.3 is 0 Å². The third-order valence-corrected chi connectivity index (χ3v) is 12.6. The molecule has 2 amide bonds. The number of hydrogen-bond acceptors (Lipinski definition) is 8. The largest absolute Gasteiger partial charge is 0.354 e. The Morgan fingerprint density at radius 2 is 1.62 bits per heavy atom. The molecular formula is C33H44ClF2N7O4S. The number of likely N-dealkylation sites (tertiary alicyclic amines) is 1. The van der Waals surface area contributed by atoms with Crippen LogP contribution in [-0.4, -0.2) is 91.8 Å². The van der Waals surface area contributed by atoms with Crippen LogP contribution in [0.2, 0.25) is 5.15 Å². The maximum atomic E-state index is 16.0. The van der Waals surface area contributed by atoms with Gasteiger partial charge in [0.25, 0.3) is 5.92 Å². The van der Waals surface area contributed by atoms with E-state index in [1.54, 1.807) is 21.9 Å². The molecule has 3 aliphatic heterocycles. The number of carbonyl (C=O) groups excluding carboxylic acids is 2. The molecule has 262 valence electrons. The molecule has 4 aliphatic rings. The van der Waals surface area contributed by atoms with Crippen LogP contribution in [0.1, 0.15) is 57.4 Å². The minimum Gasteiger partial charge on any atom is -0.354 e. The van der Waals surface area contributed by atoms with Crippen LogP contribution in [0.25, 0.3) is 0 Å². The van der Waals surface area contributed by atoms with Gasteiger partial charge in [-0.25, -0.2) is 22.2 Å². The van der Waals surface area contributed by atoms with Gasteiger partial charge in [0.1, 0.15) is 11.0 Å². The molecule has 4 fully saturated rings. The Bertz CT molecular complexity index is 1620. The van der Waals surface area contributed by atoms with E-state index in [0.29, 0.717) is 38.2 Å². The van der Waals surface area contributed by atoms with E-state index < -0.39 is 21.9 Å². The average Bonchev–Trinajstić information content (AvgIpc) is 3.41. The lowest BCUT2D eigenvalue weighted by atomic mass is 9.76. The number of benzene rings is 1. The van der Waals surface area contributed by atoms with Crippen molar-refractivity contribution in [3.05, 3.63) is 47.1 Å². The first-order valence-corrected chi connectivity index (χ1v) is 18.5. The van der Waals surface area contributed by atoms with E-state index in [9.17, 15) is 18.0 Å². The summed E-state index contributed by atoms with van der Waals surface area (Å²) in [5.41, 5.74) is 12.2. The predicted octanol–water partition coefficient (Wildman–Crippen LogP) is 3.55. The number of piperazine rings is 1. The molecule has 2 aromatic rings. The maximum Gasteiger partial charge on any atom is 0.276 e. The highest BCUT2D eigenvalue weighted by Gasteiger charge is 2.45. The zero-order valence-electron chi connectivity index (χ0n) is 27.2. The summed E-state index contributed by atoms with van der Waals surface area (Å²) in [4.78, 5) is 34.9. The lowest BCUT2D eigenvalue weighted by Crippen LogP contribution is -2.51. The number of pyridine rings is 1. The van der Waals surface area contributed by atoms with Gasteiger partial charge in [0.15, 0.2) is 0 Å². The Morgan fingerprint density at radius 3 is 2.21 bits per heavy atom. The summed E-state index contributed by atoms with van der Waals surface area (Å²) in [6, 6.07) is 8.48. The van der Waals surface area contributed by atoms with Gasteiger partial charge in [-0.05, 0) is 81.8 Å². The fourth-order valence-corrected chi connectivity index (χ4v) is 8.99. The van der Waals surface area contributed by atoms with Crippen LogP contribution >= 0.6 is 11.6 Å². The van der Waals surface area contributed by atoms with Crippen LogP contribution in [0.3, 0.4) is 0 Å². The zero-order valence-corrected chi connectivity index (χ0v) is 28.7. The number of rotatable bonds is 7. The van der Waals surface area contributed by atoms with Crippen LogP contribution in [0.4, 0.5) is 20.3 Å². The van der Waals surface area contributed by atoms with Gasteiger partial charge in [0.05, 0.1) is 4.90 Å². The number of piperidine rings is 1. The maximum absolute atomic E-state index is 16.0. The fraction of sp³-hybridized carbons (Fsp3) is 0.606. The number of sulfonamides is 1. The van der Waals surface area contributed by atoms with E-state index in [2.05, 4.69) is 4.98 Å². The summed E-state index contributed by atoms with van der Waals surface area (Å²) in [5.74, 6) is -4.15. The van der Waals surface area contributed by atoms with E-state index in [4.69, 9.17) is 23.1 Å². The van der Waals surface area contributed by atoms with Crippen molar-refractivity contribution in [1.82, 2.24) is 14.2 Å². The van der Waals surface area contributed by atoms with Crippen molar-refractivity contribution in [3.8, 4) is 0 Å². The highest BCUT2D eigenvalue weighted by molar-refractivity contribution is 7.89. The third kappa shape index (κ3) is 7.18. The quantitative estimate of drug-likeness (QED) is 0.416. The molecule has 1 aromatic heterocycles. The van der Waals surface area contributed by atoms with Crippen LogP contribution in [0, 0.1) is 11.8 Å². The molecule has 1 aliphatic carbocycles. The summed E-state index contributed by atoms with van der Waals surface area (Å²) in [7, 11) is -3.83. The number of halogens is 3. The minimum atomic E-state index is -3.83. The second-order valence-corrected chi connectivity index (χ2v) is 16.4. The number of nitrogens with two attached hydrogens (primary N) is 2. The van der Waals surface area contributed by atoms with Gasteiger partial charge in [-0.15, -0.1) is 0 Å². The average molecular weight is 708 g/mol. The second kappa shape index (κ2) is 13.4. The molecule has 1 aromatic carbocycles. The van der Waals surface area contributed by atoms with Gasteiger partial charge in [0, 0.05) is 86.9 Å². The van der Waals surface area contributed by atoms with E-state index in [0.717, 1.165) is 12.8 Å². The second-order valence-electron chi connectivity index (χ2n) is 14.0. The van der Waals surface area contributed by atoms with Crippen LogP contribution in [-0.2, 0) is 25.5 Å². The minimum absolute atomic E-state index is 0.0449. The van der Waals surface area contributed by atoms with Crippen molar-refractivity contribution in [2.24, 2.45) is 23.3 Å². The molecule has 48 heavy (non-hydrogen) atoms.